The molecule has 0 fully saturated rings. The first-order chi connectivity index (χ1) is 27.5. The van der Waals surface area contributed by atoms with Crippen molar-refractivity contribution in [1.29, 1.82) is 0 Å². The Morgan fingerprint density at radius 3 is 1.39 bits per heavy atom. The molecule has 0 amide bonds. The van der Waals surface area contributed by atoms with E-state index < -0.39 is 0 Å². The van der Waals surface area contributed by atoms with Gasteiger partial charge in [0.1, 0.15) is 0 Å². The van der Waals surface area contributed by atoms with Crippen LogP contribution in [0.2, 0.25) is 0 Å². The van der Waals surface area contributed by atoms with Gasteiger partial charge >= 0.3 is 0 Å². The average molecular weight is 915 g/mol. The van der Waals surface area contributed by atoms with Gasteiger partial charge in [0.2, 0.25) is 0 Å². The van der Waals surface area contributed by atoms with Gasteiger partial charge in [-0.3, -0.25) is 4.79 Å². The number of aliphatic hydroxyl groups excluding tert-OH is 1. The Morgan fingerprint density at radius 1 is 0.544 bits per heavy atom. The molecule has 0 saturated carbocycles. The summed E-state index contributed by atoms with van der Waals surface area (Å²) in [5, 5.41) is 9.70. The number of carbonyl (C=O) groups is 1. The number of benzene rings is 6. The van der Waals surface area contributed by atoms with Crippen molar-refractivity contribution in [2.45, 2.75) is 19.8 Å². The number of carbonyl (C=O) groups excluding carboxylic acids is 1. The van der Waals surface area contributed by atoms with Crippen LogP contribution in [0.25, 0.3) is 78.1 Å². The molecular weight excluding hydrogens is 877 g/mol. The third kappa shape index (κ3) is 8.98. The van der Waals surface area contributed by atoms with Crippen LogP contribution in [0.5, 0.6) is 0 Å². The summed E-state index contributed by atoms with van der Waals surface area (Å²) in [6.07, 6.45) is 5.74. The molecule has 57 heavy (non-hydrogen) atoms. The number of rotatable bonds is 11. The number of hydrogen-bond donors (Lipinski definition) is 1. The number of allylic oxidation sites excluding steroid dienone is 2. The Kier molecular flexibility index (Phi) is 12.2. The summed E-state index contributed by atoms with van der Waals surface area (Å²) < 4.78 is 0. The van der Waals surface area contributed by atoms with E-state index in [-0.39, 0.29) is 31.6 Å². The van der Waals surface area contributed by atoms with Crippen LogP contribution in [0.3, 0.4) is 0 Å². The molecule has 6 aromatic carbocycles. The molecule has 0 unspecified atom stereocenters. The molecule has 0 aliphatic heterocycles. The minimum absolute atomic E-state index is 0. The standard InChI is InChI=1S/C52H38N2O2.Ir/c1-36(55)32-45(56)29-28-37-12-2-3-13-46(37)42-33-43(49-16-6-4-14-47(49)38-20-24-40(25-21-38)51-18-8-10-30-53-51)35-44(34-42)50-17-7-5-15-48(50)39-22-26-41(27-23-39)52-19-9-11-31-54-52;/h2-24,26,30-35,55H,28-29H2,1H3;/q-2;. The number of pyridine rings is 2. The van der Waals surface area contributed by atoms with Crippen LogP contribution >= 0.6 is 0 Å². The Balaban J connectivity index is 0.00000496. The number of ketones is 1. The number of nitrogens with zero attached hydrogens (tertiary/aromatic N) is 2. The zero-order valence-electron chi connectivity index (χ0n) is 31.3. The molecule has 1 N–H and O–H groups in total. The van der Waals surface area contributed by atoms with Crippen molar-refractivity contribution in [1.82, 2.24) is 9.97 Å². The Morgan fingerprint density at radius 2 is 0.965 bits per heavy atom. The summed E-state index contributed by atoms with van der Waals surface area (Å²) in [6.45, 7) is 1.52. The first-order valence-corrected chi connectivity index (χ1v) is 18.7. The van der Waals surface area contributed by atoms with Gasteiger partial charge in [-0.2, -0.15) is 0 Å². The molecule has 0 saturated heterocycles. The zero-order valence-corrected chi connectivity index (χ0v) is 33.7. The van der Waals surface area contributed by atoms with Gasteiger partial charge in [-0.05, 0) is 94.0 Å². The summed E-state index contributed by atoms with van der Waals surface area (Å²) in [7, 11) is 0. The number of aliphatic hydroxyl groups is 1. The van der Waals surface area contributed by atoms with Gasteiger partial charge in [0, 0.05) is 45.0 Å². The second kappa shape index (κ2) is 18.0. The van der Waals surface area contributed by atoms with Crippen LogP contribution in [0.1, 0.15) is 18.9 Å². The molecule has 1 radical (unpaired) electrons. The molecule has 0 spiro atoms. The van der Waals surface area contributed by atoms with Crippen molar-refractivity contribution in [3.63, 3.8) is 0 Å². The van der Waals surface area contributed by atoms with Crippen molar-refractivity contribution in [2.24, 2.45) is 0 Å². The van der Waals surface area contributed by atoms with E-state index in [1.807, 2.05) is 60.7 Å². The van der Waals surface area contributed by atoms with E-state index in [4.69, 9.17) is 0 Å². The Labute approximate surface area is 347 Å². The van der Waals surface area contributed by atoms with Crippen molar-refractivity contribution >= 4 is 5.78 Å². The molecule has 2 aromatic heterocycles. The van der Waals surface area contributed by atoms with Gasteiger partial charge in [0.05, 0.1) is 5.76 Å². The van der Waals surface area contributed by atoms with E-state index in [1.54, 1.807) is 12.4 Å². The van der Waals surface area contributed by atoms with E-state index in [2.05, 4.69) is 125 Å². The normalized spacial score (nSPS) is 11.1. The monoisotopic (exact) mass is 915 g/mol. The minimum Gasteiger partial charge on any atom is -0.512 e. The predicted octanol–water partition coefficient (Wildman–Crippen LogP) is 12.7. The van der Waals surface area contributed by atoms with Crippen molar-refractivity contribution in [3.05, 3.63) is 206 Å². The first kappa shape index (κ1) is 38.7. The van der Waals surface area contributed by atoms with Crippen molar-refractivity contribution < 1.29 is 30.0 Å². The van der Waals surface area contributed by atoms with Crippen molar-refractivity contribution in [3.8, 4) is 78.1 Å². The summed E-state index contributed by atoms with van der Waals surface area (Å²) in [4.78, 5) is 21.7. The Hall–Kier alpha value is -6.52. The molecule has 4 nitrogen and oxygen atoms in total. The maximum absolute atomic E-state index is 12.7. The fraction of sp³-hybridized carbons (Fsp3) is 0.0577. The van der Waals surface area contributed by atoms with E-state index in [0.29, 0.717) is 12.8 Å². The molecule has 0 aliphatic carbocycles. The fourth-order valence-electron chi connectivity index (χ4n) is 7.20. The number of aromatic nitrogens is 2. The van der Waals surface area contributed by atoms with Crippen LogP contribution in [0.4, 0.5) is 0 Å². The SMILES string of the molecule is CC(O)=CC(=O)CCc1ccccc1-c1cc(-c2ccccc2-c2c[c-]c(-c3ccccn3)cc2)cc(-c2ccccc2-c2c[c-]c(-c3ccccn3)cc2)c1.[Ir]. The largest absolute Gasteiger partial charge is 0.512 e. The maximum Gasteiger partial charge on any atom is 0.159 e. The van der Waals surface area contributed by atoms with Gasteiger partial charge in [0.15, 0.2) is 5.78 Å². The van der Waals surface area contributed by atoms with E-state index >= 15 is 0 Å². The minimum atomic E-state index is -0.103. The van der Waals surface area contributed by atoms with E-state index in [1.165, 1.54) is 13.0 Å². The molecule has 0 atom stereocenters. The van der Waals surface area contributed by atoms with Crippen LogP contribution in [0.15, 0.2) is 188 Å². The summed E-state index contributed by atoms with van der Waals surface area (Å²) in [6, 6.07) is 63.3. The average Bonchev–Trinajstić information content (AvgIpc) is 3.26. The summed E-state index contributed by atoms with van der Waals surface area (Å²) >= 11 is 0. The Bertz CT molecular complexity index is 2510. The molecule has 0 bridgehead atoms. The molecule has 2 heterocycles. The molecule has 8 aromatic rings. The molecule has 5 heteroatoms. The molecule has 279 valence electrons. The maximum atomic E-state index is 12.7. The van der Waals surface area contributed by atoms with Crippen LogP contribution in [0, 0.1) is 12.1 Å². The van der Waals surface area contributed by atoms with Gasteiger partial charge in [-0.15, -0.1) is 59.7 Å². The number of aryl methyl sites for hydroxylation is 1. The molecule has 8 rings (SSSR count). The smallest absolute Gasteiger partial charge is 0.159 e. The quantitative estimate of drug-likeness (QED) is 0.0798. The van der Waals surface area contributed by atoms with E-state index in [9.17, 15) is 9.90 Å². The molecular formula is C52H38IrN2O2-2. The van der Waals surface area contributed by atoms with Gasteiger partial charge < -0.3 is 15.1 Å². The van der Waals surface area contributed by atoms with Gasteiger partial charge in [-0.1, -0.05) is 119 Å². The van der Waals surface area contributed by atoms with Crippen LogP contribution in [-0.4, -0.2) is 20.9 Å². The summed E-state index contributed by atoms with van der Waals surface area (Å²) in [5.74, 6) is -0.0836. The van der Waals surface area contributed by atoms with Crippen molar-refractivity contribution in [2.75, 3.05) is 0 Å². The number of hydrogen-bond acceptors (Lipinski definition) is 4. The second-order valence-corrected chi connectivity index (χ2v) is 13.7. The third-order valence-electron chi connectivity index (χ3n) is 9.88. The fourth-order valence-corrected chi connectivity index (χ4v) is 7.20. The zero-order chi connectivity index (χ0) is 38.3. The first-order valence-electron chi connectivity index (χ1n) is 18.7. The predicted molar refractivity (Wildman–Crippen MR) is 227 cm³/mol. The summed E-state index contributed by atoms with van der Waals surface area (Å²) in [5.41, 5.74) is 15.5. The van der Waals surface area contributed by atoms with Gasteiger partial charge in [-0.25, -0.2) is 0 Å². The molecule has 0 aliphatic rings. The van der Waals surface area contributed by atoms with E-state index in [0.717, 1.165) is 83.7 Å². The van der Waals surface area contributed by atoms with Crippen LogP contribution in [-0.2, 0) is 31.3 Å². The van der Waals surface area contributed by atoms with Gasteiger partial charge in [0.25, 0.3) is 0 Å². The topological polar surface area (TPSA) is 63.1 Å². The second-order valence-electron chi connectivity index (χ2n) is 13.7. The van der Waals surface area contributed by atoms with Crippen LogP contribution < -0.4 is 0 Å². The third-order valence-corrected chi connectivity index (χ3v) is 9.88.